The van der Waals surface area contributed by atoms with Gasteiger partial charge in [0.15, 0.2) is 17.3 Å². The molecule has 0 unspecified atom stereocenters. The van der Waals surface area contributed by atoms with E-state index in [0.29, 0.717) is 29.2 Å². The number of para-hydroxylation sites is 1. The molecule has 3 aromatic rings. The molecule has 16 nitrogen and oxygen atoms in total. The van der Waals surface area contributed by atoms with E-state index in [-0.39, 0.29) is 29.9 Å². The number of carbonyl (C=O) groups excluding carboxylic acids is 3. The van der Waals surface area contributed by atoms with Crippen LogP contribution in [0.25, 0.3) is 11.3 Å². The molecule has 8 N–H and O–H groups in total. The molecule has 0 aliphatic heterocycles. The van der Waals surface area contributed by atoms with Gasteiger partial charge in [-0.05, 0) is 31.0 Å². The molecule has 3 amide bonds. The second-order valence-corrected chi connectivity index (χ2v) is 8.83. The van der Waals surface area contributed by atoms with Gasteiger partial charge >= 0.3 is 6.10 Å². The zero-order valence-corrected chi connectivity index (χ0v) is 21.3. The van der Waals surface area contributed by atoms with E-state index in [2.05, 4.69) is 31.2 Å². The van der Waals surface area contributed by atoms with Crippen molar-refractivity contribution in [1.29, 1.82) is 0 Å². The second-order valence-electron chi connectivity index (χ2n) is 8.83. The van der Waals surface area contributed by atoms with Crippen LogP contribution in [0.5, 0.6) is 5.75 Å². The lowest BCUT2D eigenvalue weighted by atomic mass is 10.1. The van der Waals surface area contributed by atoms with E-state index in [4.69, 9.17) is 9.84 Å². The zero-order valence-electron chi connectivity index (χ0n) is 21.3. The molecule has 0 bridgehead atoms. The average Bonchev–Trinajstić information content (AvgIpc) is 3.66. The lowest BCUT2D eigenvalue weighted by Crippen LogP contribution is -2.48. The summed E-state index contributed by atoms with van der Waals surface area (Å²) in [6.07, 6.45) is -0.290. The van der Waals surface area contributed by atoms with E-state index in [1.54, 1.807) is 40.5 Å². The molecule has 0 radical (unpaired) electrons. The Labute approximate surface area is 227 Å². The Morgan fingerprint density at radius 2 is 1.90 bits per heavy atom. The first-order valence-electron chi connectivity index (χ1n) is 12.1. The van der Waals surface area contributed by atoms with E-state index in [1.807, 2.05) is 0 Å². The van der Waals surface area contributed by atoms with Crippen LogP contribution in [0, 0.1) is 5.92 Å². The van der Waals surface area contributed by atoms with Gasteiger partial charge in [0.2, 0.25) is 11.8 Å². The molecule has 4 rings (SSSR count). The Morgan fingerprint density at radius 1 is 1.12 bits per heavy atom. The van der Waals surface area contributed by atoms with Crippen LogP contribution in [-0.4, -0.2) is 84.5 Å². The van der Waals surface area contributed by atoms with Crippen LogP contribution in [0.1, 0.15) is 23.3 Å². The van der Waals surface area contributed by atoms with Crippen LogP contribution >= 0.6 is 0 Å². The van der Waals surface area contributed by atoms with Gasteiger partial charge in [-0.2, -0.15) is 5.10 Å². The van der Waals surface area contributed by atoms with E-state index in [0.717, 1.165) is 12.8 Å². The molecule has 1 aliphatic rings. The number of aliphatic hydroxyl groups is 4. The Balaban J connectivity index is 1.63. The van der Waals surface area contributed by atoms with Crippen LogP contribution < -0.4 is 26.0 Å². The first-order chi connectivity index (χ1) is 19.1. The number of rotatable bonds is 12. The highest BCUT2D eigenvalue weighted by Crippen LogP contribution is 2.38. The molecule has 2 heterocycles. The van der Waals surface area contributed by atoms with Gasteiger partial charge in [-0.25, -0.2) is 0 Å². The fourth-order valence-corrected chi connectivity index (χ4v) is 3.70. The Bertz CT molecular complexity index is 1400. The first kappa shape index (κ1) is 28.4. The predicted octanol–water partition coefficient (Wildman–Crippen LogP) is -1.13. The number of hydrogen-bond acceptors (Lipinski definition) is 12. The number of amides is 3. The number of benzene rings is 1. The molecule has 1 aliphatic carbocycles. The van der Waals surface area contributed by atoms with Crippen molar-refractivity contribution in [2.24, 2.45) is 5.92 Å². The summed E-state index contributed by atoms with van der Waals surface area (Å²) in [5.41, 5.74) is 1.04. The minimum atomic E-state index is -3.51. The van der Waals surface area contributed by atoms with Gasteiger partial charge in [-0.3, -0.25) is 24.4 Å². The smallest absolute Gasteiger partial charge is 0.369 e. The molecule has 0 atom stereocenters. The molecule has 212 valence electrons. The van der Waals surface area contributed by atoms with Gasteiger partial charge < -0.3 is 41.1 Å². The summed E-state index contributed by atoms with van der Waals surface area (Å²) >= 11 is 0. The Hall–Kier alpha value is -4.64. The predicted molar refractivity (Wildman–Crippen MR) is 138 cm³/mol. The number of aromatic nitrogens is 4. The van der Waals surface area contributed by atoms with Gasteiger partial charge in [-0.15, -0.1) is 10.2 Å². The van der Waals surface area contributed by atoms with Crippen LogP contribution in [0.15, 0.2) is 36.5 Å². The highest BCUT2D eigenvalue weighted by molar-refractivity contribution is 6.00. The molecule has 1 aromatic carbocycles. The number of hydrogen-bond donors (Lipinski definition) is 8. The van der Waals surface area contributed by atoms with Crippen molar-refractivity contribution in [3.8, 4) is 17.0 Å². The summed E-state index contributed by atoms with van der Waals surface area (Å²) in [6, 6.07) is 8.16. The lowest BCUT2D eigenvalue weighted by molar-refractivity contribution is -0.323. The highest BCUT2D eigenvalue weighted by Gasteiger charge is 2.31. The SMILES string of the molecule is COc1c(Nc2cc(NC(=O)C3CC3)nnc2C(=O)NC(O)(O)O)cccc1-c1ccn(CCNC(=O)CO)n1. The van der Waals surface area contributed by atoms with E-state index >= 15 is 0 Å². The number of aliphatic hydroxyl groups excluding tert-OH is 1. The number of methoxy groups -OCH3 is 1. The van der Waals surface area contributed by atoms with Crippen molar-refractivity contribution in [2.45, 2.75) is 25.5 Å². The van der Waals surface area contributed by atoms with Crippen molar-refractivity contribution in [2.75, 3.05) is 30.9 Å². The van der Waals surface area contributed by atoms with Crippen LogP contribution in [-0.2, 0) is 16.1 Å². The van der Waals surface area contributed by atoms with Gasteiger partial charge in [0.1, 0.15) is 6.61 Å². The number of nitrogens with one attached hydrogen (secondary N) is 4. The molecule has 0 saturated heterocycles. The largest absolute Gasteiger partial charge is 0.494 e. The molecule has 16 heteroatoms. The van der Waals surface area contributed by atoms with Crippen LogP contribution in [0.3, 0.4) is 0 Å². The fourth-order valence-electron chi connectivity index (χ4n) is 3.70. The van der Waals surface area contributed by atoms with Crippen LogP contribution in [0.4, 0.5) is 17.2 Å². The Kier molecular flexibility index (Phi) is 8.54. The number of nitrogens with zero attached hydrogens (tertiary/aromatic N) is 4. The maximum absolute atomic E-state index is 12.6. The third kappa shape index (κ3) is 7.26. The molecular weight excluding hydrogens is 528 g/mol. The summed E-state index contributed by atoms with van der Waals surface area (Å²) < 4.78 is 7.23. The number of anilines is 3. The third-order valence-electron chi connectivity index (χ3n) is 5.70. The molecule has 40 heavy (non-hydrogen) atoms. The van der Waals surface area contributed by atoms with Gasteiger partial charge in [0, 0.05) is 30.3 Å². The summed E-state index contributed by atoms with van der Waals surface area (Å²) in [7, 11) is 1.43. The van der Waals surface area contributed by atoms with E-state index in [9.17, 15) is 29.7 Å². The van der Waals surface area contributed by atoms with Crippen molar-refractivity contribution in [1.82, 2.24) is 30.6 Å². The Morgan fingerprint density at radius 3 is 2.58 bits per heavy atom. The minimum Gasteiger partial charge on any atom is -0.494 e. The minimum absolute atomic E-state index is 0.00320. The summed E-state index contributed by atoms with van der Waals surface area (Å²) in [6.45, 7) is 0.00704. The second kappa shape index (κ2) is 12.0. The quantitative estimate of drug-likeness (QED) is 0.124. The van der Waals surface area contributed by atoms with Crippen molar-refractivity contribution < 1.29 is 39.5 Å². The van der Waals surface area contributed by atoms with Crippen LogP contribution in [0.2, 0.25) is 0 Å². The normalized spacial score (nSPS) is 12.9. The lowest BCUT2D eigenvalue weighted by Gasteiger charge is -2.18. The molecular formula is C24H28N8O8. The summed E-state index contributed by atoms with van der Waals surface area (Å²) in [5.74, 6) is -1.67. The standard InChI is InChI=1S/C24H28N8O8/c1-40-21-14(15-7-9-32(31-15)10-8-25-19(34)12-33)3-2-4-16(21)26-17-11-18(27-22(35)13-5-6-13)29-30-20(17)23(36)28-24(37,38)39/h2-4,7,9,11,13,33,37-39H,5-6,8,10,12H2,1H3,(H,25,34)(H,28,36)(H2,26,27,29,35). The maximum atomic E-state index is 12.6. The molecule has 2 aromatic heterocycles. The zero-order chi connectivity index (χ0) is 28.9. The van der Waals surface area contributed by atoms with Gasteiger partial charge in [0.05, 0.1) is 30.7 Å². The molecule has 1 saturated carbocycles. The van der Waals surface area contributed by atoms with E-state index in [1.165, 1.54) is 13.2 Å². The van der Waals surface area contributed by atoms with Crippen molar-refractivity contribution >= 4 is 34.9 Å². The maximum Gasteiger partial charge on any atom is 0.369 e. The monoisotopic (exact) mass is 556 g/mol. The van der Waals surface area contributed by atoms with Gasteiger partial charge in [-0.1, -0.05) is 6.07 Å². The van der Waals surface area contributed by atoms with Crippen molar-refractivity contribution in [3.63, 3.8) is 0 Å². The topological polar surface area (TPSA) is 233 Å². The summed E-state index contributed by atoms with van der Waals surface area (Å²) in [5, 5.41) is 58.3. The number of ether oxygens (including phenoxy) is 1. The molecule has 0 spiro atoms. The van der Waals surface area contributed by atoms with Crippen molar-refractivity contribution in [3.05, 3.63) is 42.2 Å². The highest BCUT2D eigenvalue weighted by atomic mass is 16.7. The molecule has 1 fully saturated rings. The fraction of sp³-hybridized carbons (Fsp3) is 0.333. The third-order valence-corrected chi connectivity index (χ3v) is 5.70. The first-order valence-corrected chi connectivity index (χ1v) is 12.1. The average molecular weight is 557 g/mol. The van der Waals surface area contributed by atoms with Gasteiger partial charge in [0.25, 0.3) is 5.91 Å². The summed E-state index contributed by atoms with van der Waals surface area (Å²) in [4.78, 5) is 36.1. The number of carbonyl (C=O) groups is 3. The van der Waals surface area contributed by atoms with E-state index < -0.39 is 30.2 Å².